The molecule has 0 fully saturated rings. The average molecular weight is 317 g/mol. The molecule has 0 radical (unpaired) electrons. The molecule has 0 aliphatic heterocycles. The van der Waals surface area contributed by atoms with Gasteiger partial charge in [0, 0.05) is 13.0 Å². The van der Waals surface area contributed by atoms with Gasteiger partial charge in [-0.05, 0) is 24.8 Å². The Hall–Kier alpha value is -1.29. The first-order valence-corrected chi connectivity index (χ1v) is 8.27. The molecule has 0 saturated carbocycles. The Kier molecular flexibility index (Phi) is 4.53. The Morgan fingerprint density at radius 1 is 1.45 bits per heavy atom. The fraction of sp³-hybridized carbons (Fsp3) is 0.455. The zero-order valence-electron chi connectivity index (χ0n) is 11.1. The number of sulfonamides is 1. The van der Waals surface area contributed by atoms with Crippen LogP contribution in [-0.2, 0) is 23.1 Å². The molecule has 7 nitrogen and oxygen atoms in total. The summed E-state index contributed by atoms with van der Waals surface area (Å²) in [6.45, 7) is 3.26. The van der Waals surface area contributed by atoms with E-state index in [9.17, 15) is 13.5 Å². The lowest BCUT2D eigenvalue weighted by Gasteiger charge is -2.07. The molecule has 0 unspecified atom stereocenters. The summed E-state index contributed by atoms with van der Waals surface area (Å²) in [4.78, 5) is 4.59. The number of aliphatic hydroxyl groups is 1. The van der Waals surface area contributed by atoms with Crippen molar-refractivity contribution in [1.29, 1.82) is 0 Å². The number of aryl methyl sites for hydroxylation is 2. The minimum Gasteiger partial charge on any atom is -0.391 e. The fourth-order valence-electron chi connectivity index (χ4n) is 1.76. The van der Waals surface area contributed by atoms with Crippen molar-refractivity contribution in [2.24, 2.45) is 0 Å². The second-order valence-electron chi connectivity index (χ2n) is 4.21. The maximum Gasteiger partial charge on any atom is 0.242 e. The van der Waals surface area contributed by atoms with Gasteiger partial charge in [0.2, 0.25) is 15.9 Å². The van der Waals surface area contributed by atoms with Gasteiger partial charge >= 0.3 is 0 Å². The van der Waals surface area contributed by atoms with Crippen LogP contribution < -0.4 is 4.72 Å². The Balaban J connectivity index is 2.06. The third-order valence-electron chi connectivity index (χ3n) is 2.60. The van der Waals surface area contributed by atoms with Crippen LogP contribution in [0.15, 0.2) is 14.8 Å². The fourth-order valence-corrected chi connectivity index (χ4v) is 4.45. The minimum absolute atomic E-state index is 0.157. The summed E-state index contributed by atoms with van der Waals surface area (Å²) in [5.74, 6) is 0.897. The number of nitrogens with zero attached hydrogens (tertiary/aromatic N) is 2. The van der Waals surface area contributed by atoms with Crippen molar-refractivity contribution in [1.82, 2.24) is 14.9 Å². The zero-order chi connectivity index (χ0) is 14.8. The lowest BCUT2D eigenvalue weighted by Crippen LogP contribution is -2.27. The van der Waals surface area contributed by atoms with E-state index in [-0.39, 0.29) is 18.0 Å². The number of hydrogen-bond acceptors (Lipinski definition) is 7. The molecule has 2 heterocycles. The van der Waals surface area contributed by atoms with E-state index < -0.39 is 10.0 Å². The third kappa shape index (κ3) is 3.23. The molecule has 9 heteroatoms. The molecule has 0 amide bonds. The van der Waals surface area contributed by atoms with Crippen molar-refractivity contribution in [3.05, 3.63) is 27.5 Å². The van der Waals surface area contributed by atoms with Crippen LogP contribution >= 0.6 is 11.3 Å². The molecule has 0 atom stereocenters. The van der Waals surface area contributed by atoms with Gasteiger partial charge in [0.15, 0.2) is 5.82 Å². The first-order chi connectivity index (χ1) is 9.44. The third-order valence-corrected chi connectivity index (χ3v) is 5.51. The molecule has 2 aromatic heterocycles. The van der Waals surface area contributed by atoms with E-state index in [1.165, 1.54) is 11.3 Å². The van der Waals surface area contributed by atoms with Gasteiger partial charge in [0.25, 0.3) is 0 Å². The highest BCUT2D eigenvalue weighted by Gasteiger charge is 2.22. The highest BCUT2D eigenvalue weighted by Crippen LogP contribution is 2.26. The molecule has 0 aliphatic rings. The van der Waals surface area contributed by atoms with Gasteiger partial charge in [-0.15, -0.1) is 11.3 Å². The van der Waals surface area contributed by atoms with Gasteiger partial charge in [-0.3, -0.25) is 0 Å². The SMILES string of the molecule is Cc1noc(CCNS(=O)(=O)c2c(C)csc2CO)n1. The Labute approximate surface area is 120 Å². The van der Waals surface area contributed by atoms with Gasteiger partial charge in [-0.1, -0.05) is 5.16 Å². The second kappa shape index (κ2) is 6.00. The van der Waals surface area contributed by atoms with Gasteiger partial charge in [0.1, 0.15) is 4.90 Å². The summed E-state index contributed by atoms with van der Waals surface area (Å²) in [6, 6.07) is 0. The van der Waals surface area contributed by atoms with Crippen LogP contribution in [0, 0.1) is 13.8 Å². The van der Waals surface area contributed by atoms with Crippen LogP contribution in [0.1, 0.15) is 22.2 Å². The van der Waals surface area contributed by atoms with Crippen molar-refractivity contribution < 1.29 is 18.0 Å². The highest BCUT2D eigenvalue weighted by molar-refractivity contribution is 7.89. The highest BCUT2D eigenvalue weighted by atomic mass is 32.2. The molecule has 0 aliphatic carbocycles. The number of aliphatic hydroxyl groups excluding tert-OH is 1. The molecule has 0 bridgehead atoms. The first kappa shape index (κ1) is 15.1. The van der Waals surface area contributed by atoms with Crippen LogP contribution in [0.5, 0.6) is 0 Å². The van der Waals surface area contributed by atoms with E-state index in [0.717, 1.165) is 0 Å². The number of thiophene rings is 1. The molecule has 0 spiro atoms. The van der Waals surface area contributed by atoms with Gasteiger partial charge in [0.05, 0.1) is 11.5 Å². The predicted molar refractivity (Wildman–Crippen MR) is 72.9 cm³/mol. The number of hydrogen-bond donors (Lipinski definition) is 2. The van der Waals surface area contributed by atoms with Crippen molar-refractivity contribution >= 4 is 21.4 Å². The summed E-state index contributed by atoms with van der Waals surface area (Å²) in [7, 11) is -3.64. The maximum atomic E-state index is 12.2. The minimum atomic E-state index is -3.64. The molecule has 2 aromatic rings. The second-order valence-corrected chi connectivity index (χ2v) is 6.88. The summed E-state index contributed by atoms with van der Waals surface area (Å²) in [5, 5.41) is 14.5. The summed E-state index contributed by atoms with van der Waals surface area (Å²) in [6.07, 6.45) is 0.317. The standard InChI is InChI=1S/C11H15N3O4S2/c1-7-6-19-9(5-15)11(7)20(16,17)12-4-3-10-13-8(2)14-18-10/h6,12,15H,3-5H2,1-2H3. The Morgan fingerprint density at radius 2 is 2.20 bits per heavy atom. The van der Waals surface area contributed by atoms with E-state index in [1.807, 2.05) is 0 Å². The Bertz CT molecular complexity index is 690. The zero-order valence-corrected chi connectivity index (χ0v) is 12.7. The van der Waals surface area contributed by atoms with Crippen molar-refractivity contribution in [3.63, 3.8) is 0 Å². The van der Waals surface area contributed by atoms with E-state index >= 15 is 0 Å². The maximum absolute atomic E-state index is 12.2. The summed E-state index contributed by atoms with van der Waals surface area (Å²) >= 11 is 1.23. The number of rotatable bonds is 6. The van der Waals surface area contributed by atoms with E-state index in [4.69, 9.17) is 4.52 Å². The van der Waals surface area contributed by atoms with Gasteiger partial charge < -0.3 is 9.63 Å². The normalized spacial score (nSPS) is 11.9. The van der Waals surface area contributed by atoms with Crippen molar-refractivity contribution in [2.75, 3.05) is 6.54 Å². The quantitative estimate of drug-likeness (QED) is 0.815. The number of nitrogens with one attached hydrogen (secondary N) is 1. The van der Waals surface area contributed by atoms with Gasteiger partial charge in [-0.2, -0.15) is 4.98 Å². The molecule has 110 valence electrons. The molecule has 0 aromatic carbocycles. The number of aromatic nitrogens is 2. The monoisotopic (exact) mass is 317 g/mol. The van der Waals surface area contributed by atoms with Crippen LogP contribution in [0.4, 0.5) is 0 Å². The molecule has 0 saturated heterocycles. The molecular weight excluding hydrogens is 302 g/mol. The largest absolute Gasteiger partial charge is 0.391 e. The van der Waals surface area contributed by atoms with Crippen LogP contribution in [-0.4, -0.2) is 30.2 Å². The van der Waals surface area contributed by atoms with Crippen molar-refractivity contribution in [2.45, 2.75) is 31.8 Å². The summed E-state index contributed by atoms with van der Waals surface area (Å²) in [5.41, 5.74) is 0.625. The average Bonchev–Trinajstić information content (AvgIpc) is 2.95. The lowest BCUT2D eigenvalue weighted by molar-refractivity contribution is 0.282. The molecule has 2 N–H and O–H groups in total. The van der Waals surface area contributed by atoms with Crippen molar-refractivity contribution in [3.8, 4) is 0 Å². The molecule has 2 rings (SSSR count). The molecular formula is C11H15N3O4S2. The first-order valence-electron chi connectivity index (χ1n) is 5.90. The predicted octanol–water partition coefficient (Wildman–Crippen LogP) is 0.761. The van der Waals surface area contributed by atoms with E-state index in [0.29, 0.717) is 28.6 Å². The lowest BCUT2D eigenvalue weighted by atomic mass is 10.3. The van der Waals surface area contributed by atoms with Crippen LogP contribution in [0.2, 0.25) is 0 Å². The van der Waals surface area contributed by atoms with Crippen LogP contribution in [0.3, 0.4) is 0 Å². The topological polar surface area (TPSA) is 105 Å². The van der Waals surface area contributed by atoms with E-state index in [2.05, 4.69) is 14.9 Å². The van der Waals surface area contributed by atoms with Gasteiger partial charge in [-0.25, -0.2) is 13.1 Å². The molecule has 20 heavy (non-hydrogen) atoms. The van der Waals surface area contributed by atoms with E-state index in [1.54, 1.807) is 19.2 Å². The smallest absolute Gasteiger partial charge is 0.242 e. The summed E-state index contributed by atoms with van der Waals surface area (Å²) < 4.78 is 31.8. The van der Waals surface area contributed by atoms with Crippen LogP contribution in [0.25, 0.3) is 0 Å². The Morgan fingerprint density at radius 3 is 2.80 bits per heavy atom.